The van der Waals surface area contributed by atoms with Gasteiger partial charge < -0.3 is 5.32 Å². The van der Waals surface area contributed by atoms with Crippen molar-refractivity contribution in [1.82, 2.24) is 10.3 Å². The quantitative estimate of drug-likeness (QED) is 0.909. The monoisotopic (exact) mass is 310 g/mol. The van der Waals surface area contributed by atoms with E-state index in [1.54, 1.807) is 11.3 Å². The van der Waals surface area contributed by atoms with Gasteiger partial charge in [0.25, 0.3) is 0 Å². The number of benzene rings is 1. The van der Waals surface area contributed by atoms with E-state index >= 15 is 0 Å². The minimum absolute atomic E-state index is 0.273. The highest BCUT2D eigenvalue weighted by Gasteiger charge is 2.12. The van der Waals surface area contributed by atoms with Crippen LogP contribution in [0.15, 0.2) is 39.6 Å². The van der Waals surface area contributed by atoms with Gasteiger partial charge in [0.2, 0.25) is 0 Å². The third-order valence-electron chi connectivity index (χ3n) is 2.74. The minimum Gasteiger partial charge on any atom is -0.302 e. The third-order valence-corrected chi connectivity index (χ3v) is 3.84. The smallest absolute Gasteiger partial charge is 0.0795 e. The predicted octanol–water partition coefficient (Wildman–Crippen LogP) is 4.32. The molecule has 2 rings (SSSR count). The molecule has 0 aliphatic carbocycles. The Balaban J connectivity index is 2.04. The minimum atomic E-state index is 0.273. The number of nitrogens with one attached hydrogen (secondary N) is 1. The number of nitrogens with zero attached hydrogens (tertiary/aromatic N) is 1. The molecule has 0 saturated carbocycles. The molecule has 90 valence electrons. The van der Waals surface area contributed by atoms with Gasteiger partial charge in [0, 0.05) is 21.9 Å². The summed E-state index contributed by atoms with van der Waals surface area (Å²) in [4.78, 5) is 4.33. The molecule has 0 aliphatic rings. The Morgan fingerprint density at radius 1 is 1.29 bits per heavy atom. The average Bonchev–Trinajstić information content (AvgIpc) is 2.82. The second kappa shape index (κ2) is 5.76. The van der Waals surface area contributed by atoms with Crippen LogP contribution >= 0.6 is 27.3 Å². The standard InChI is InChI=1S/C13H15BrN2S/c1-9(11-4-3-5-12(14)6-11)16-10(2)13-7-17-8-15-13/h3-10,16H,1-2H3/t9-,10?/m0/s1. The normalized spacial score (nSPS) is 14.5. The summed E-state index contributed by atoms with van der Waals surface area (Å²) in [5, 5.41) is 5.64. The average molecular weight is 311 g/mol. The van der Waals surface area contributed by atoms with Crippen LogP contribution in [0.2, 0.25) is 0 Å². The number of halogens is 1. The van der Waals surface area contributed by atoms with E-state index < -0.39 is 0 Å². The molecule has 0 bridgehead atoms. The van der Waals surface area contributed by atoms with Crippen molar-refractivity contribution < 1.29 is 0 Å². The summed E-state index contributed by atoms with van der Waals surface area (Å²) in [7, 11) is 0. The fraction of sp³-hybridized carbons (Fsp3) is 0.308. The van der Waals surface area contributed by atoms with Gasteiger partial charge in [-0.1, -0.05) is 28.1 Å². The molecule has 1 heterocycles. The Kier molecular flexibility index (Phi) is 4.31. The van der Waals surface area contributed by atoms with Crippen LogP contribution in [0.3, 0.4) is 0 Å². The van der Waals surface area contributed by atoms with E-state index in [2.05, 4.69) is 63.7 Å². The predicted molar refractivity (Wildman–Crippen MR) is 76.2 cm³/mol. The van der Waals surface area contributed by atoms with E-state index in [9.17, 15) is 0 Å². The zero-order valence-corrected chi connectivity index (χ0v) is 12.3. The summed E-state index contributed by atoms with van der Waals surface area (Å²) in [6.07, 6.45) is 0. The fourth-order valence-electron chi connectivity index (χ4n) is 1.77. The van der Waals surface area contributed by atoms with Gasteiger partial charge in [0.15, 0.2) is 0 Å². The molecule has 0 amide bonds. The van der Waals surface area contributed by atoms with E-state index in [-0.39, 0.29) is 6.04 Å². The van der Waals surface area contributed by atoms with Crippen LogP contribution in [0.25, 0.3) is 0 Å². The first-order chi connectivity index (χ1) is 8.16. The van der Waals surface area contributed by atoms with Crippen LogP contribution in [0, 0.1) is 0 Å². The summed E-state index contributed by atoms with van der Waals surface area (Å²) in [6.45, 7) is 4.31. The summed E-state index contributed by atoms with van der Waals surface area (Å²) in [5.74, 6) is 0. The molecule has 1 N–H and O–H groups in total. The van der Waals surface area contributed by atoms with Gasteiger partial charge in [-0.25, -0.2) is 4.98 Å². The summed E-state index contributed by atoms with van der Waals surface area (Å²) < 4.78 is 1.12. The lowest BCUT2D eigenvalue weighted by atomic mass is 10.1. The van der Waals surface area contributed by atoms with Crippen molar-refractivity contribution in [3.8, 4) is 0 Å². The molecule has 2 nitrogen and oxygen atoms in total. The molecule has 4 heteroatoms. The summed E-state index contributed by atoms with van der Waals surface area (Å²) in [6, 6.07) is 8.96. The summed E-state index contributed by atoms with van der Waals surface area (Å²) in [5.41, 5.74) is 4.26. The second-order valence-corrected chi connectivity index (χ2v) is 5.71. The Hall–Kier alpha value is -0.710. The molecule has 0 spiro atoms. The van der Waals surface area contributed by atoms with Gasteiger partial charge in [0.05, 0.1) is 11.2 Å². The van der Waals surface area contributed by atoms with Gasteiger partial charge >= 0.3 is 0 Å². The van der Waals surface area contributed by atoms with Crippen molar-refractivity contribution in [2.75, 3.05) is 0 Å². The van der Waals surface area contributed by atoms with E-state index in [1.807, 2.05) is 11.6 Å². The lowest BCUT2D eigenvalue weighted by molar-refractivity contribution is 0.488. The van der Waals surface area contributed by atoms with E-state index in [4.69, 9.17) is 0 Å². The van der Waals surface area contributed by atoms with Gasteiger partial charge in [0.1, 0.15) is 0 Å². The largest absolute Gasteiger partial charge is 0.302 e. The maximum atomic E-state index is 4.33. The SMILES string of the molecule is CC(N[C@@H](C)c1cccc(Br)c1)c1cscn1. The molecular weight excluding hydrogens is 296 g/mol. The molecule has 0 radical (unpaired) electrons. The Labute approximate surface area is 114 Å². The molecule has 1 aromatic heterocycles. The Bertz CT molecular complexity index is 470. The van der Waals surface area contributed by atoms with Crippen molar-refractivity contribution in [1.29, 1.82) is 0 Å². The van der Waals surface area contributed by atoms with Crippen molar-refractivity contribution in [2.24, 2.45) is 0 Å². The highest BCUT2D eigenvalue weighted by molar-refractivity contribution is 9.10. The molecule has 2 atom stereocenters. The van der Waals surface area contributed by atoms with Crippen molar-refractivity contribution in [3.63, 3.8) is 0 Å². The molecule has 1 unspecified atom stereocenters. The van der Waals surface area contributed by atoms with Crippen LogP contribution in [-0.2, 0) is 0 Å². The number of hydrogen-bond acceptors (Lipinski definition) is 3. The van der Waals surface area contributed by atoms with Crippen LogP contribution in [-0.4, -0.2) is 4.98 Å². The van der Waals surface area contributed by atoms with Crippen LogP contribution in [0.1, 0.15) is 37.2 Å². The topological polar surface area (TPSA) is 24.9 Å². The third kappa shape index (κ3) is 3.37. The zero-order valence-electron chi connectivity index (χ0n) is 9.85. The molecule has 17 heavy (non-hydrogen) atoms. The van der Waals surface area contributed by atoms with E-state index in [1.165, 1.54) is 5.56 Å². The zero-order chi connectivity index (χ0) is 12.3. The number of hydrogen-bond donors (Lipinski definition) is 1. The molecular formula is C13H15BrN2S. The number of thiazole rings is 1. The molecule has 0 aliphatic heterocycles. The fourth-order valence-corrected chi connectivity index (χ4v) is 2.83. The highest BCUT2D eigenvalue weighted by atomic mass is 79.9. The van der Waals surface area contributed by atoms with E-state index in [0.717, 1.165) is 10.2 Å². The lowest BCUT2D eigenvalue weighted by Crippen LogP contribution is -2.22. The first-order valence-corrected chi connectivity index (χ1v) is 7.30. The number of rotatable bonds is 4. The molecule has 1 aromatic carbocycles. The van der Waals surface area contributed by atoms with Crippen molar-refractivity contribution in [3.05, 3.63) is 50.9 Å². The van der Waals surface area contributed by atoms with E-state index in [0.29, 0.717) is 6.04 Å². The van der Waals surface area contributed by atoms with Gasteiger partial charge in [-0.2, -0.15) is 0 Å². The first-order valence-electron chi connectivity index (χ1n) is 5.56. The van der Waals surface area contributed by atoms with Crippen LogP contribution in [0.4, 0.5) is 0 Å². The second-order valence-electron chi connectivity index (χ2n) is 4.08. The number of aromatic nitrogens is 1. The summed E-state index contributed by atoms with van der Waals surface area (Å²) >= 11 is 5.13. The maximum Gasteiger partial charge on any atom is 0.0795 e. The Morgan fingerprint density at radius 3 is 2.76 bits per heavy atom. The molecule has 2 aromatic rings. The van der Waals surface area contributed by atoms with Crippen molar-refractivity contribution >= 4 is 27.3 Å². The van der Waals surface area contributed by atoms with Gasteiger partial charge in [-0.3, -0.25) is 0 Å². The molecule has 0 fully saturated rings. The highest BCUT2D eigenvalue weighted by Crippen LogP contribution is 2.21. The van der Waals surface area contributed by atoms with Gasteiger partial charge in [-0.05, 0) is 31.5 Å². The lowest BCUT2D eigenvalue weighted by Gasteiger charge is -2.19. The first kappa shape index (κ1) is 12.7. The van der Waals surface area contributed by atoms with Crippen molar-refractivity contribution in [2.45, 2.75) is 25.9 Å². The maximum absolute atomic E-state index is 4.33. The van der Waals surface area contributed by atoms with Crippen LogP contribution < -0.4 is 5.32 Å². The van der Waals surface area contributed by atoms with Crippen LogP contribution in [0.5, 0.6) is 0 Å². The van der Waals surface area contributed by atoms with Gasteiger partial charge in [-0.15, -0.1) is 11.3 Å². The molecule has 0 saturated heterocycles. The Morgan fingerprint density at radius 2 is 2.12 bits per heavy atom.